The molecule has 24 heavy (non-hydrogen) atoms. The molecule has 0 aliphatic heterocycles. The molecule has 0 amide bonds. The van der Waals surface area contributed by atoms with Gasteiger partial charge >= 0.3 is 0 Å². The van der Waals surface area contributed by atoms with Gasteiger partial charge in [-0.1, -0.05) is 35.9 Å². The Balaban J connectivity index is 2.16. The first-order valence-electron chi connectivity index (χ1n) is 7.48. The third-order valence-electron chi connectivity index (χ3n) is 3.73. The number of rotatable bonds is 6. The lowest BCUT2D eigenvalue weighted by atomic mass is 10.0. The van der Waals surface area contributed by atoms with Gasteiger partial charge in [-0.25, -0.2) is 13.1 Å². The summed E-state index contributed by atoms with van der Waals surface area (Å²) in [6, 6.07) is 11.1. The number of sulfonamides is 1. The molecule has 0 bridgehead atoms. The number of nitro groups is 1. The second-order valence-corrected chi connectivity index (χ2v) is 7.64. The summed E-state index contributed by atoms with van der Waals surface area (Å²) in [5.41, 5.74) is 3.29. The van der Waals surface area contributed by atoms with Crippen molar-refractivity contribution in [3.05, 3.63) is 74.8 Å². The van der Waals surface area contributed by atoms with Crippen LogP contribution in [-0.4, -0.2) is 13.3 Å². The largest absolute Gasteiger partial charge is 0.269 e. The van der Waals surface area contributed by atoms with Crippen molar-refractivity contribution >= 4 is 15.7 Å². The van der Waals surface area contributed by atoms with Gasteiger partial charge in [0.2, 0.25) is 10.0 Å². The van der Waals surface area contributed by atoms with Crippen molar-refractivity contribution in [2.24, 2.45) is 0 Å². The van der Waals surface area contributed by atoms with Crippen molar-refractivity contribution in [2.45, 2.75) is 32.6 Å². The third kappa shape index (κ3) is 4.62. The number of non-ortho nitro benzene ring substituents is 1. The molecule has 0 aromatic heterocycles. The first kappa shape index (κ1) is 18.1. The Morgan fingerprint density at radius 3 is 2.50 bits per heavy atom. The molecule has 2 rings (SSSR count). The molecule has 0 spiro atoms. The van der Waals surface area contributed by atoms with Crippen LogP contribution in [0.5, 0.6) is 0 Å². The Hall–Kier alpha value is -2.25. The van der Waals surface area contributed by atoms with E-state index < -0.39 is 14.9 Å². The zero-order valence-corrected chi connectivity index (χ0v) is 14.6. The lowest BCUT2D eigenvalue weighted by molar-refractivity contribution is -0.384. The van der Waals surface area contributed by atoms with Gasteiger partial charge in [-0.2, -0.15) is 0 Å². The molecule has 1 atom stereocenters. The van der Waals surface area contributed by atoms with Crippen molar-refractivity contribution in [2.75, 3.05) is 0 Å². The van der Waals surface area contributed by atoms with Crippen molar-refractivity contribution < 1.29 is 13.3 Å². The fraction of sp³-hybridized carbons (Fsp3) is 0.294. The quantitative estimate of drug-likeness (QED) is 0.640. The van der Waals surface area contributed by atoms with Crippen LogP contribution in [0, 0.1) is 24.0 Å². The van der Waals surface area contributed by atoms with E-state index in [1.807, 2.05) is 32.0 Å². The molecule has 0 saturated carbocycles. The maximum absolute atomic E-state index is 12.4. The predicted molar refractivity (Wildman–Crippen MR) is 93.2 cm³/mol. The first-order chi connectivity index (χ1) is 11.2. The molecule has 0 saturated heterocycles. The summed E-state index contributed by atoms with van der Waals surface area (Å²) in [6.07, 6.45) is 0. The predicted octanol–water partition coefficient (Wildman–Crippen LogP) is 3.39. The average Bonchev–Trinajstić information content (AvgIpc) is 2.46. The fourth-order valence-corrected chi connectivity index (χ4v) is 4.03. The molecular formula is C17H20N2O4S. The zero-order chi connectivity index (χ0) is 17.9. The Morgan fingerprint density at radius 1 is 1.17 bits per heavy atom. The summed E-state index contributed by atoms with van der Waals surface area (Å²) >= 11 is 0. The van der Waals surface area contributed by atoms with E-state index >= 15 is 0 Å². The number of benzene rings is 2. The molecule has 6 nitrogen and oxygen atoms in total. The number of nitrogens with one attached hydrogen (secondary N) is 1. The summed E-state index contributed by atoms with van der Waals surface area (Å²) < 4.78 is 27.4. The van der Waals surface area contributed by atoms with Crippen LogP contribution in [0.1, 0.15) is 35.2 Å². The number of hydrogen-bond acceptors (Lipinski definition) is 4. The van der Waals surface area contributed by atoms with Crippen LogP contribution < -0.4 is 4.72 Å². The molecule has 0 heterocycles. The van der Waals surface area contributed by atoms with Crippen molar-refractivity contribution in [3.63, 3.8) is 0 Å². The smallest absolute Gasteiger partial charge is 0.258 e. The minimum absolute atomic E-state index is 0.120. The highest BCUT2D eigenvalue weighted by molar-refractivity contribution is 7.88. The summed E-state index contributed by atoms with van der Waals surface area (Å²) in [5.74, 6) is -0.302. The van der Waals surface area contributed by atoms with Crippen molar-refractivity contribution in [1.82, 2.24) is 4.72 Å². The van der Waals surface area contributed by atoms with E-state index in [1.165, 1.54) is 18.2 Å². The number of nitrogens with zero attached hydrogens (tertiary/aromatic N) is 1. The van der Waals surface area contributed by atoms with Gasteiger partial charge in [0.1, 0.15) is 0 Å². The topological polar surface area (TPSA) is 89.3 Å². The second-order valence-electron chi connectivity index (χ2n) is 5.89. The van der Waals surface area contributed by atoms with Gasteiger partial charge < -0.3 is 0 Å². The number of aryl methyl sites for hydroxylation is 2. The van der Waals surface area contributed by atoms with Gasteiger partial charge in [0.25, 0.3) is 5.69 Å². The maximum atomic E-state index is 12.4. The fourth-order valence-electron chi connectivity index (χ4n) is 2.67. The van der Waals surface area contributed by atoms with Crippen LogP contribution >= 0.6 is 0 Å². The van der Waals surface area contributed by atoms with Crippen LogP contribution in [0.25, 0.3) is 0 Å². The highest BCUT2D eigenvalue weighted by atomic mass is 32.2. The molecule has 128 valence electrons. The normalized spacial score (nSPS) is 12.8. The van der Waals surface area contributed by atoms with Crippen molar-refractivity contribution in [3.8, 4) is 0 Å². The van der Waals surface area contributed by atoms with E-state index in [-0.39, 0.29) is 17.5 Å². The van der Waals surface area contributed by atoms with E-state index in [0.29, 0.717) is 5.56 Å². The van der Waals surface area contributed by atoms with E-state index in [4.69, 9.17) is 0 Å². The van der Waals surface area contributed by atoms with E-state index in [1.54, 1.807) is 13.0 Å². The maximum Gasteiger partial charge on any atom is 0.269 e. The van der Waals surface area contributed by atoms with Gasteiger partial charge in [-0.3, -0.25) is 10.1 Å². The summed E-state index contributed by atoms with van der Waals surface area (Å²) in [4.78, 5) is 10.2. The second kappa shape index (κ2) is 7.11. The lowest BCUT2D eigenvalue weighted by Gasteiger charge is -2.17. The summed E-state index contributed by atoms with van der Waals surface area (Å²) in [5, 5.41) is 10.8. The third-order valence-corrected chi connectivity index (χ3v) is 5.15. The highest BCUT2D eigenvalue weighted by Crippen LogP contribution is 2.21. The van der Waals surface area contributed by atoms with Crippen molar-refractivity contribution in [1.29, 1.82) is 0 Å². The molecule has 0 radical (unpaired) electrons. The van der Waals surface area contributed by atoms with Gasteiger partial charge in [0.15, 0.2) is 0 Å². The molecule has 0 aliphatic rings. The molecule has 1 N–H and O–H groups in total. The van der Waals surface area contributed by atoms with E-state index in [2.05, 4.69) is 4.72 Å². The Kier molecular flexibility index (Phi) is 5.36. The van der Waals surface area contributed by atoms with Gasteiger partial charge in [0.05, 0.1) is 10.7 Å². The first-order valence-corrected chi connectivity index (χ1v) is 9.13. The zero-order valence-electron chi connectivity index (χ0n) is 13.8. The van der Waals surface area contributed by atoms with Crippen LogP contribution in [0.3, 0.4) is 0 Å². The molecule has 2 aromatic carbocycles. The average molecular weight is 348 g/mol. The lowest BCUT2D eigenvalue weighted by Crippen LogP contribution is -2.28. The Bertz CT molecular complexity index is 863. The molecule has 0 fully saturated rings. The Labute approximate surface area is 141 Å². The van der Waals surface area contributed by atoms with Gasteiger partial charge in [0, 0.05) is 18.2 Å². The van der Waals surface area contributed by atoms with Gasteiger partial charge in [-0.15, -0.1) is 0 Å². The molecule has 2 aromatic rings. The SMILES string of the molecule is Cc1ccc(C(C)NS(=O)(=O)Cc2cccc([N+](=O)[O-])c2)c(C)c1. The monoisotopic (exact) mass is 348 g/mol. The molecule has 1 unspecified atom stereocenters. The molecular weight excluding hydrogens is 328 g/mol. The Morgan fingerprint density at radius 2 is 1.88 bits per heavy atom. The number of hydrogen-bond donors (Lipinski definition) is 1. The molecule has 7 heteroatoms. The highest BCUT2D eigenvalue weighted by Gasteiger charge is 2.19. The van der Waals surface area contributed by atoms with Crippen LogP contribution in [0.4, 0.5) is 5.69 Å². The summed E-state index contributed by atoms with van der Waals surface area (Å²) in [7, 11) is -3.62. The standard InChI is InChI=1S/C17H20N2O4S/c1-12-7-8-17(13(2)9-12)14(3)18-24(22,23)11-15-5-4-6-16(10-15)19(20)21/h4-10,14,18H,11H2,1-3H3. The molecule has 0 aliphatic carbocycles. The van der Waals surface area contributed by atoms with Crippen LogP contribution in [-0.2, 0) is 15.8 Å². The van der Waals surface area contributed by atoms with E-state index in [0.717, 1.165) is 16.7 Å². The van der Waals surface area contributed by atoms with E-state index in [9.17, 15) is 18.5 Å². The van der Waals surface area contributed by atoms with Crippen LogP contribution in [0.15, 0.2) is 42.5 Å². The minimum atomic E-state index is -3.62. The number of nitro benzene ring substituents is 1. The summed E-state index contributed by atoms with van der Waals surface area (Å²) in [6.45, 7) is 5.70. The van der Waals surface area contributed by atoms with Gasteiger partial charge in [-0.05, 0) is 37.5 Å². The van der Waals surface area contributed by atoms with Crippen LogP contribution in [0.2, 0.25) is 0 Å². The minimum Gasteiger partial charge on any atom is -0.258 e.